The van der Waals surface area contributed by atoms with Crippen molar-refractivity contribution in [2.24, 2.45) is 0 Å². The van der Waals surface area contributed by atoms with Crippen LogP contribution in [-0.4, -0.2) is 19.3 Å². The van der Waals surface area contributed by atoms with E-state index in [1.807, 2.05) is 0 Å². The maximum Gasteiger partial charge on any atom is 0.246 e. The number of hydrogen-bond donors (Lipinski definition) is 2. The molecule has 0 aliphatic carbocycles. The van der Waals surface area contributed by atoms with Gasteiger partial charge in [0.1, 0.15) is 5.75 Å². The molecule has 0 atom stereocenters. The monoisotopic (exact) mass is 246 g/mol. The number of nitrogens with one attached hydrogen (secondary N) is 1. The Hall–Kier alpha value is -1.45. The highest BCUT2D eigenvalue weighted by atomic mass is 35.5. The summed E-state index contributed by atoms with van der Waals surface area (Å²) in [5.74, 6) is -0.960. The predicted molar refractivity (Wildman–Crippen MR) is 56.1 cm³/mol. The third-order valence-electron chi connectivity index (χ3n) is 1.48. The molecule has 0 radical (unpaired) electrons. The van der Waals surface area contributed by atoms with E-state index in [4.69, 9.17) is 16.9 Å². The van der Waals surface area contributed by atoms with Gasteiger partial charge in [-0.25, -0.2) is 8.42 Å². The Balaban J connectivity index is 2.96. The van der Waals surface area contributed by atoms with E-state index in [0.29, 0.717) is 0 Å². The van der Waals surface area contributed by atoms with Crippen LogP contribution < -0.4 is 4.72 Å². The maximum atomic E-state index is 11.2. The third-order valence-corrected chi connectivity index (χ3v) is 2.75. The Kier molecular flexibility index (Phi) is 3.39. The lowest BCUT2D eigenvalue weighted by atomic mass is 10.3. The van der Waals surface area contributed by atoms with E-state index in [1.165, 1.54) is 24.3 Å². The van der Waals surface area contributed by atoms with Crippen LogP contribution in [-0.2, 0) is 10.0 Å². The first-order valence-electron chi connectivity index (χ1n) is 3.80. The minimum atomic E-state index is -3.73. The number of sulfonamides is 1. The van der Waals surface area contributed by atoms with E-state index < -0.39 is 15.8 Å². The molecule has 0 bridgehead atoms. The van der Waals surface area contributed by atoms with Gasteiger partial charge in [-0.1, -0.05) is 11.6 Å². The molecule has 0 amide bonds. The van der Waals surface area contributed by atoms with Crippen molar-refractivity contribution in [3.63, 3.8) is 0 Å². The molecule has 0 aromatic heterocycles. The van der Waals surface area contributed by atoms with Gasteiger partial charge in [0.15, 0.2) is 5.75 Å². The van der Waals surface area contributed by atoms with Gasteiger partial charge in [0.2, 0.25) is 10.0 Å². The first kappa shape index (κ1) is 11.6. The van der Waals surface area contributed by atoms with Gasteiger partial charge in [0.05, 0.1) is 11.8 Å². The summed E-state index contributed by atoms with van der Waals surface area (Å²) in [5, 5.41) is 17.9. The van der Waals surface area contributed by atoms with Crippen LogP contribution in [0.3, 0.4) is 0 Å². The van der Waals surface area contributed by atoms with Crippen LogP contribution in [0, 0.1) is 11.3 Å². The molecular weight excluding hydrogens is 240 g/mol. The van der Waals surface area contributed by atoms with Gasteiger partial charge in [-0.15, -0.1) is 0 Å². The average molecular weight is 247 g/mol. The van der Waals surface area contributed by atoms with Gasteiger partial charge < -0.3 is 5.11 Å². The molecular formula is C8H7ClN2O3S. The molecule has 15 heavy (non-hydrogen) atoms. The number of rotatable bonds is 3. The summed E-state index contributed by atoms with van der Waals surface area (Å²) in [5.41, 5.74) is -0.00495. The number of nitrogens with zero attached hydrogens (tertiary/aromatic N) is 1. The molecule has 0 saturated carbocycles. The summed E-state index contributed by atoms with van der Waals surface area (Å²) < 4.78 is 24.4. The molecule has 0 saturated heterocycles. The Morgan fingerprint density at radius 1 is 1.53 bits per heavy atom. The van der Waals surface area contributed by atoms with Crippen molar-refractivity contribution >= 4 is 27.3 Å². The topological polar surface area (TPSA) is 90.2 Å². The van der Waals surface area contributed by atoms with Crippen LogP contribution in [0.1, 0.15) is 0 Å². The normalized spacial score (nSPS) is 10.7. The number of phenolic OH excluding ortho intramolecular Hbond substituents is 1. The van der Waals surface area contributed by atoms with Crippen LogP contribution in [0.5, 0.6) is 5.75 Å². The summed E-state index contributed by atoms with van der Waals surface area (Å²) in [6, 6.07) is 5.44. The second-order valence-corrected chi connectivity index (χ2v) is 4.84. The quantitative estimate of drug-likeness (QED) is 0.787. The Bertz CT molecular complexity index is 507. The lowest BCUT2D eigenvalue weighted by Gasteiger charge is -2.06. The van der Waals surface area contributed by atoms with Gasteiger partial charge in [-0.05, 0) is 12.1 Å². The Labute approximate surface area is 92.0 Å². The Morgan fingerprint density at radius 2 is 2.20 bits per heavy atom. The second-order valence-electron chi connectivity index (χ2n) is 2.68. The molecule has 0 spiro atoms. The number of benzene rings is 1. The van der Waals surface area contributed by atoms with E-state index in [-0.39, 0.29) is 16.5 Å². The van der Waals surface area contributed by atoms with E-state index in [9.17, 15) is 13.5 Å². The summed E-state index contributed by atoms with van der Waals surface area (Å²) in [6.07, 6.45) is 0. The fourth-order valence-electron chi connectivity index (χ4n) is 0.880. The summed E-state index contributed by atoms with van der Waals surface area (Å²) in [4.78, 5) is 0. The number of nitriles is 1. The summed E-state index contributed by atoms with van der Waals surface area (Å²) in [7, 11) is -3.73. The van der Waals surface area contributed by atoms with Crippen molar-refractivity contribution in [3.8, 4) is 11.8 Å². The van der Waals surface area contributed by atoms with E-state index in [2.05, 4.69) is 4.72 Å². The first-order valence-corrected chi connectivity index (χ1v) is 5.83. The van der Waals surface area contributed by atoms with Crippen molar-refractivity contribution in [2.45, 2.75) is 0 Å². The third kappa shape index (κ3) is 3.31. The van der Waals surface area contributed by atoms with Crippen molar-refractivity contribution in [1.29, 1.82) is 5.26 Å². The highest BCUT2D eigenvalue weighted by Gasteiger charge is 2.12. The number of phenols is 1. The molecule has 0 aliphatic heterocycles. The minimum Gasteiger partial charge on any atom is -0.506 e. The molecule has 2 N–H and O–H groups in total. The lowest BCUT2D eigenvalue weighted by Crippen LogP contribution is -2.15. The standard InChI is InChI=1S/C8H7ClN2O3S/c9-6-1-2-7(8(12)5-6)11-15(13,14)4-3-10/h1-2,5,11-12H,4H2. The maximum absolute atomic E-state index is 11.2. The van der Waals surface area contributed by atoms with Crippen LogP contribution >= 0.6 is 11.6 Å². The number of anilines is 1. The van der Waals surface area contributed by atoms with Crippen molar-refractivity contribution in [3.05, 3.63) is 23.2 Å². The van der Waals surface area contributed by atoms with Crippen LogP contribution in [0.4, 0.5) is 5.69 Å². The average Bonchev–Trinajstić information content (AvgIpc) is 2.09. The van der Waals surface area contributed by atoms with Gasteiger partial charge in [-0.2, -0.15) is 5.26 Å². The van der Waals surface area contributed by atoms with E-state index >= 15 is 0 Å². The molecule has 80 valence electrons. The SMILES string of the molecule is N#CCS(=O)(=O)Nc1ccc(Cl)cc1O. The minimum absolute atomic E-state index is 0.00495. The molecule has 5 nitrogen and oxygen atoms in total. The molecule has 0 aliphatic rings. The van der Waals surface area contributed by atoms with E-state index in [1.54, 1.807) is 0 Å². The van der Waals surface area contributed by atoms with E-state index in [0.717, 1.165) is 0 Å². The molecule has 1 aromatic carbocycles. The van der Waals surface area contributed by atoms with Crippen molar-refractivity contribution in [2.75, 3.05) is 10.5 Å². The first-order chi connectivity index (χ1) is 6.94. The van der Waals surface area contributed by atoms with Crippen molar-refractivity contribution in [1.82, 2.24) is 0 Å². The Morgan fingerprint density at radius 3 is 2.73 bits per heavy atom. The fraction of sp³-hybridized carbons (Fsp3) is 0.125. The lowest BCUT2D eigenvalue weighted by molar-refractivity contribution is 0.477. The van der Waals surface area contributed by atoms with Gasteiger partial charge >= 0.3 is 0 Å². The fourth-order valence-corrected chi connectivity index (χ4v) is 1.80. The molecule has 0 unspecified atom stereocenters. The molecule has 1 rings (SSSR count). The molecule has 0 heterocycles. The largest absolute Gasteiger partial charge is 0.506 e. The zero-order valence-corrected chi connectivity index (χ0v) is 9.01. The number of aromatic hydroxyl groups is 1. The smallest absolute Gasteiger partial charge is 0.246 e. The molecule has 0 fully saturated rings. The van der Waals surface area contributed by atoms with Crippen molar-refractivity contribution < 1.29 is 13.5 Å². The molecule has 7 heteroatoms. The highest BCUT2D eigenvalue weighted by Crippen LogP contribution is 2.27. The van der Waals surface area contributed by atoms with Crippen LogP contribution in [0.25, 0.3) is 0 Å². The van der Waals surface area contributed by atoms with Gasteiger partial charge in [0, 0.05) is 11.1 Å². The van der Waals surface area contributed by atoms with Crippen LogP contribution in [0.2, 0.25) is 5.02 Å². The zero-order valence-electron chi connectivity index (χ0n) is 7.44. The highest BCUT2D eigenvalue weighted by molar-refractivity contribution is 7.92. The number of hydrogen-bond acceptors (Lipinski definition) is 4. The summed E-state index contributed by atoms with van der Waals surface area (Å²) in [6.45, 7) is 0. The predicted octanol–water partition coefficient (Wildman–Crippen LogP) is 1.31. The number of halogens is 1. The molecule has 1 aromatic rings. The summed E-state index contributed by atoms with van der Waals surface area (Å²) >= 11 is 5.56. The van der Waals surface area contributed by atoms with Crippen LogP contribution in [0.15, 0.2) is 18.2 Å². The van der Waals surface area contributed by atoms with Gasteiger partial charge in [-0.3, -0.25) is 4.72 Å². The second kappa shape index (κ2) is 4.38. The van der Waals surface area contributed by atoms with Gasteiger partial charge in [0.25, 0.3) is 0 Å². The zero-order chi connectivity index (χ0) is 11.5.